The summed E-state index contributed by atoms with van der Waals surface area (Å²) in [5, 5.41) is 2.88. The lowest BCUT2D eigenvalue weighted by Gasteiger charge is -2.24. The van der Waals surface area contributed by atoms with Crippen LogP contribution in [0, 0.1) is 0 Å². The lowest BCUT2D eigenvalue weighted by atomic mass is 9.83. The molecule has 0 saturated carbocycles. The van der Waals surface area contributed by atoms with Gasteiger partial charge in [0.1, 0.15) is 5.75 Å². The number of benzene rings is 2. The molecule has 0 radical (unpaired) electrons. The van der Waals surface area contributed by atoms with Crippen LogP contribution in [0.2, 0.25) is 0 Å². The second-order valence-corrected chi connectivity index (χ2v) is 6.13. The monoisotopic (exact) mass is 324 g/mol. The normalized spacial score (nSPS) is 19.1. The van der Waals surface area contributed by atoms with Crippen molar-refractivity contribution in [3.63, 3.8) is 0 Å². The molecular weight excluding hydrogens is 304 g/mol. The van der Waals surface area contributed by atoms with Gasteiger partial charge in [0.15, 0.2) is 0 Å². The number of amides is 2. The Balaban J connectivity index is 1.87. The molecule has 0 fully saturated rings. The largest absolute Gasteiger partial charge is 0.497 e. The number of hydrogen-bond donors (Lipinski definition) is 1. The van der Waals surface area contributed by atoms with Crippen LogP contribution in [0.5, 0.6) is 5.75 Å². The number of nitrogens with one attached hydrogen (secondary N) is 1. The summed E-state index contributed by atoms with van der Waals surface area (Å²) in [6, 6.07) is 14.5. The number of anilines is 1. The minimum atomic E-state index is -0.816. The quantitative estimate of drug-likeness (QED) is 0.939. The van der Waals surface area contributed by atoms with Crippen molar-refractivity contribution < 1.29 is 14.3 Å². The number of fused-ring (bicyclic) bond motifs is 1. The second-order valence-electron chi connectivity index (χ2n) is 6.13. The summed E-state index contributed by atoms with van der Waals surface area (Å²) in [6.45, 7) is 2.08. The van der Waals surface area contributed by atoms with Crippen LogP contribution in [0.25, 0.3) is 0 Å². The van der Waals surface area contributed by atoms with Crippen molar-refractivity contribution in [2.75, 3.05) is 25.6 Å². The van der Waals surface area contributed by atoms with Gasteiger partial charge in [-0.25, -0.2) is 0 Å². The van der Waals surface area contributed by atoms with E-state index < -0.39 is 5.41 Å². The zero-order valence-electron chi connectivity index (χ0n) is 14.0. The molecule has 1 aliphatic rings. The Labute approximate surface area is 141 Å². The van der Waals surface area contributed by atoms with Crippen LogP contribution in [-0.4, -0.2) is 32.5 Å². The maximum Gasteiger partial charge on any atom is 0.251 e. The van der Waals surface area contributed by atoms with Crippen molar-refractivity contribution >= 4 is 17.5 Å². The average Bonchev–Trinajstić information content (AvgIpc) is 2.82. The van der Waals surface area contributed by atoms with Gasteiger partial charge in [0.05, 0.1) is 12.5 Å². The predicted octanol–water partition coefficient (Wildman–Crippen LogP) is 2.36. The molecule has 3 rings (SSSR count). The van der Waals surface area contributed by atoms with Crippen molar-refractivity contribution in [3.8, 4) is 5.75 Å². The standard InChI is InChI=1S/C19H20N2O3/c1-19(12-20-17(22)13-7-5-4-6-8-13)15-11-14(24-3)9-10-16(15)21(2)18(19)23/h4-11H,12H2,1-3H3,(H,20,22). The van der Waals surface area contributed by atoms with Crippen LogP contribution >= 0.6 is 0 Å². The summed E-state index contributed by atoms with van der Waals surface area (Å²) in [4.78, 5) is 26.7. The van der Waals surface area contributed by atoms with Gasteiger partial charge in [0.25, 0.3) is 5.91 Å². The highest BCUT2D eigenvalue weighted by Crippen LogP contribution is 2.42. The van der Waals surface area contributed by atoms with Crippen molar-refractivity contribution in [2.24, 2.45) is 0 Å². The number of methoxy groups -OCH3 is 1. The fraction of sp³-hybridized carbons (Fsp3) is 0.263. The van der Waals surface area contributed by atoms with Gasteiger partial charge in [0.2, 0.25) is 5.91 Å². The second kappa shape index (κ2) is 6.00. The van der Waals surface area contributed by atoms with Gasteiger partial charge in [-0.15, -0.1) is 0 Å². The fourth-order valence-electron chi connectivity index (χ4n) is 3.09. The SMILES string of the molecule is COc1ccc2c(c1)C(C)(CNC(=O)c1ccccc1)C(=O)N2C. The molecule has 5 heteroatoms. The molecular formula is C19H20N2O3. The number of nitrogens with zero attached hydrogens (tertiary/aromatic N) is 1. The van der Waals surface area contributed by atoms with E-state index in [-0.39, 0.29) is 18.4 Å². The Hall–Kier alpha value is -2.82. The van der Waals surface area contributed by atoms with Crippen LogP contribution in [-0.2, 0) is 10.2 Å². The van der Waals surface area contributed by atoms with E-state index in [2.05, 4.69) is 5.32 Å². The third-order valence-electron chi connectivity index (χ3n) is 4.57. The summed E-state index contributed by atoms with van der Waals surface area (Å²) in [7, 11) is 3.34. The smallest absolute Gasteiger partial charge is 0.251 e. The molecule has 1 heterocycles. The van der Waals surface area contributed by atoms with Gasteiger partial charge in [-0.3, -0.25) is 9.59 Å². The molecule has 2 aromatic carbocycles. The van der Waals surface area contributed by atoms with Gasteiger partial charge in [-0.1, -0.05) is 18.2 Å². The van der Waals surface area contributed by atoms with E-state index in [1.54, 1.807) is 31.2 Å². The van der Waals surface area contributed by atoms with E-state index in [9.17, 15) is 9.59 Å². The molecule has 0 bridgehead atoms. The molecule has 0 saturated heterocycles. The van der Waals surface area contributed by atoms with Crippen molar-refractivity contribution in [1.29, 1.82) is 0 Å². The van der Waals surface area contributed by atoms with E-state index in [0.29, 0.717) is 11.3 Å². The Bertz CT molecular complexity index is 788. The highest BCUT2D eigenvalue weighted by molar-refractivity contribution is 6.08. The van der Waals surface area contributed by atoms with Crippen LogP contribution in [0.3, 0.4) is 0 Å². The summed E-state index contributed by atoms with van der Waals surface area (Å²) in [6.07, 6.45) is 0. The highest BCUT2D eigenvalue weighted by Gasteiger charge is 2.46. The maximum absolute atomic E-state index is 12.8. The van der Waals surface area contributed by atoms with Crippen molar-refractivity contribution in [2.45, 2.75) is 12.3 Å². The molecule has 1 aliphatic heterocycles. The first-order chi connectivity index (χ1) is 11.5. The summed E-state index contributed by atoms with van der Waals surface area (Å²) in [5.41, 5.74) is 1.47. The number of hydrogen-bond acceptors (Lipinski definition) is 3. The zero-order chi connectivity index (χ0) is 17.3. The lowest BCUT2D eigenvalue weighted by molar-refractivity contribution is -0.122. The number of likely N-dealkylation sites (N-methyl/N-ethyl adjacent to an activating group) is 1. The maximum atomic E-state index is 12.8. The molecule has 0 spiro atoms. The molecule has 5 nitrogen and oxygen atoms in total. The van der Waals surface area contributed by atoms with Gasteiger partial charge in [-0.2, -0.15) is 0 Å². The highest BCUT2D eigenvalue weighted by atomic mass is 16.5. The predicted molar refractivity (Wildman–Crippen MR) is 92.5 cm³/mol. The molecule has 1 N–H and O–H groups in total. The first-order valence-electron chi connectivity index (χ1n) is 7.77. The summed E-state index contributed by atoms with van der Waals surface area (Å²) < 4.78 is 5.28. The van der Waals surface area contributed by atoms with Gasteiger partial charge < -0.3 is 15.0 Å². The average molecular weight is 324 g/mol. The van der Waals surface area contributed by atoms with Crippen LogP contribution in [0.4, 0.5) is 5.69 Å². The van der Waals surface area contributed by atoms with E-state index >= 15 is 0 Å². The third kappa shape index (κ3) is 2.52. The molecule has 1 unspecified atom stereocenters. The molecule has 1 atom stereocenters. The van der Waals surface area contributed by atoms with E-state index in [1.807, 2.05) is 43.3 Å². The first-order valence-corrected chi connectivity index (χ1v) is 7.77. The molecule has 0 aromatic heterocycles. The topological polar surface area (TPSA) is 58.6 Å². The molecule has 0 aliphatic carbocycles. The lowest BCUT2D eigenvalue weighted by Crippen LogP contribution is -2.45. The fourth-order valence-corrected chi connectivity index (χ4v) is 3.09. The van der Waals surface area contributed by atoms with Gasteiger partial charge in [-0.05, 0) is 42.8 Å². The number of ether oxygens (including phenoxy) is 1. The first kappa shape index (κ1) is 16.1. The molecule has 124 valence electrons. The Kier molecular flexibility index (Phi) is 4.01. The zero-order valence-corrected chi connectivity index (χ0v) is 14.0. The minimum absolute atomic E-state index is 0.0425. The number of carbonyl (C=O) groups is 2. The Morgan fingerprint density at radius 3 is 2.58 bits per heavy atom. The van der Waals surface area contributed by atoms with E-state index in [1.165, 1.54) is 0 Å². The van der Waals surface area contributed by atoms with Gasteiger partial charge in [0, 0.05) is 24.8 Å². The van der Waals surface area contributed by atoms with Crippen LogP contribution in [0.15, 0.2) is 48.5 Å². The van der Waals surface area contributed by atoms with E-state index in [0.717, 1.165) is 11.3 Å². The number of rotatable bonds is 4. The Morgan fingerprint density at radius 1 is 1.21 bits per heavy atom. The van der Waals surface area contributed by atoms with Gasteiger partial charge >= 0.3 is 0 Å². The minimum Gasteiger partial charge on any atom is -0.497 e. The van der Waals surface area contributed by atoms with Crippen LogP contribution in [0.1, 0.15) is 22.8 Å². The molecule has 2 amide bonds. The van der Waals surface area contributed by atoms with E-state index in [4.69, 9.17) is 4.74 Å². The molecule has 24 heavy (non-hydrogen) atoms. The third-order valence-corrected chi connectivity index (χ3v) is 4.57. The number of carbonyl (C=O) groups excluding carboxylic acids is 2. The molecule has 2 aromatic rings. The van der Waals surface area contributed by atoms with Crippen molar-refractivity contribution in [1.82, 2.24) is 5.32 Å². The van der Waals surface area contributed by atoms with Crippen LogP contribution < -0.4 is 15.0 Å². The summed E-state index contributed by atoms with van der Waals surface area (Å²) >= 11 is 0. The Morgan fingerprint density at radius 2 is 1.92 bits per heavy atom. The van der Waals surface area contributed by atoms with Crippen molar-refractivity contribution in [3.05, 3.63) is 59.7 Å². The summed E-state index contributed by atoms with van der Waals surface area (Å²) in [5.74, 6) is 0.459.